The van der Waals surface area contributed by atoms with Crippen molar-refractivity contribution >= 4 is 53.2 Å². The molecule has 5 heterocycles. The maximum absolute atomic E-state index is 13.5. The average Bonchev–Trinajstić information content (AvgIpc) is 3.24. The van der Waals surface area contributed by atoms with Crippen LogP contribution in [-0.4, -0.2) is 110 Å². The van der Waals surface area contributed by atoms with E-state index in [1.54, 1.807) is 12.1 Å². The van der Waals surface area contributed by atoms with Crippen LogP contribution in [0.4, 0.5) is 5.69 Å². The van der Waals surface area contributed by atoms with Gasteiger partial charge in [-0.1, -0.05) is 19.9 Å². The molecule has 3 aliphatic heterocycles. The molecule has 2 aromatic heterocycles. The summed E-state index contributed by atoms with van der Waals surface area (Å²) in [5, 5.41) is 6.84. The van der Waals surface area contributed by atoms with E-state index in [2.05, 4.69) is 88.3 Å². The van der Waals surface area contributed by atoms with Gasteiger partial charge in [0.05, 0.1) is 41.5 Å². The van der Waals surface area contributed by atoms with Crippen LogP contribution in [0.25, 0.3) is 22.2 Å². The monoisotopic (exact) mass is 726 g/mol. The van der Waals surface area contributed by atoms with Gasteiger partial charge in [0.2, 0.25) is 0 Å². The second-order valence-electron chi connectivity index (χ2n) is 15.3. The third-order valence-electron chi connectivity index (χ3n) is 10.8. The number of aromatic nitrogens is 2. The summed E-state index contributed by atoms with van der Waals surface area (Å²) in [5.74, 6) is -0.234. The Labute approximate surface area is 309 Å². The first-order valence-corrected chi connectivity index (χ1v) is 20.2. The third kappa shape index (κ3) is 8.40. The van der Waals surface area contributed by atoms with Crippen LogP contribution in [0.3, 0.4) is 0 Å². The molecule has 2 saturated heterocycles. The number of ether oxygens (including phenoxy) is 2. The Morgan fingerprint density at radius 1 is 1.10 bits per heavy atom. The summed E-state index contributed by atoms with van der Waals surface area (Å²) in [6, 6.07) is 9.25. The minimum Gasteiger partial charge on any atom is -0.465 e. The number of rotatable bonds is 5. The molecule has 2 fully saturated rings. The Bertz CT molecular complexity index is 1750. The van der Waals surface area contributed by atoms with Gasteiger partial charge in [-0.2, -0.15) is 0 Å². The number of hydrogen-bond donors (Lipinski definition) is 1. The molecule has 0 saturated carbocycles. The van der Waals surface area contributed by atoms with Crippen molar-refractivity contribution in [2.24, 2.45) is 5.41 Å². The van der Waals surface area contributed by atoms with Gasteiger partial charge in [-0.25, -0.2) is 0 Å². The lowest BCUT2D eigenvalue weighted by Gasteiger charge is -2.34. The van der Waals surface area contributed by atoms with E-state index < -0.39 is 0 Å². The van der Waals surface area contributed by atoms with Crippen LogP contribution in [0.1, 0.15) is 82.7 Å². The fourth-order valence-electron chi connectivity index (χ4n) is 7.63. The van der Waals surface area contributed by atoms with Crippen molar-refractivity contribution < 1.29 is 19.1 Å². The highest BCUT2D eigenvalue weighted by molar-refractivity contribution is 6.62. The molecule has 1 N–H and O–H groups in total. The molecule has 0 spiro atoms. The van der Waals surface area contributed by atoms with Gasteiger partial charge < -0.3 is 23.8 Å². The molecule has 6 rings (SSSR count). The Kier molecular flexibility index (Phi) is 12.0. The summed E-state index contributed by atoms with van der Waals surface area (Å²) in [6.07, 6.45) is 7.46. The van der Waals surface area contributed by atoms with Gasteiger partial charge >= 0.3 is 5.97 Å². The minimum atomic E-state index is -0.353. The van der Waals surface area contributed by atoms with Crippen molar-refractivity contribution in [2.45, 2.75) is 90.8 Å². The molecule has 1 aromatic carbocycles. The molecule has 3 aromatic rings. The fraction of sp³-hybridized carbons (Fsp3) is 0.590. The van der Waals surface area contributed by atoms with Gasteiger partial charge in [0.25, 0.3) is 5.91 Å². The van der Waals surface area contributed by atoms with E-state index in [1.807, 2.05) is 6.20 Å². The predicted molar refractivity (Wildman–Crippen MR) is 206 cm³/mol. The Morgan fingerprint density at radius 2 is 1.86 bits per heavy atom. The predicted octanol–water partition coefficient (Wildman–Crippen LogP) is 4.90. The number of cyclic esters (lactones) is 1. The van der Waals surface area contributed by atoms with Gasteiger partial charge in [0.1, 0.15) is 0 Å². The number of piperazine rings is 1. The molecule has 51 heavy (non-hydrogen) atoms. The lowest BCUT2D eigenvalue weighted by molar-refractivity contribution is -0.146. The number of esters is 1. The number of nitrogens with zero attached hydrogens (tertiary/aromatic N) is 5. The topological polar surface area (TPSA) is 92.2 Å². The number of carbonyl (C=O) groups is 2. The number of hydrazine groups is 1. The van der Waals surface area contributed by atoms with Crippen molar-refractivity contribution in [3.8, 4) is 11.3 Å². The van der Waals surface area contributed by atoms with Gasteiger partial charge in [-0.15, -0.1) is 0 Å². The molecule has 1 amide bonds. The van der Waals surface area contributed by atoms with Crippen molar-refractivity contribution in [1.82, 2.24) is 24.6 Å². The quantitative estimate of drug-likeness (QED) is 0.294. The molecule has 4 bridgehead atoms. The van der Waals surface area contributed by atoms with Crippen LogP contribution in [-0.2, 0) is 38.4 Å². The molecular weight excluding hydrogens is 673 g/mol. The zero-order chi connectivity index (χ0) is 36.3. The van der Waals surface area contributed by atoms with Crippen molar-refractivity contribution in [3.05, 3.63) is 47.3 Å². The Morgan fingerprint density at radius 3 is 2.61 bits per heavy atom. The summed E-state index contributed by atoms with van der Waals surface area (Å²) in [7, 11) is 7.67. The number of fused-ring (bicyclic) bond motifs is 4. The number of likely N-dealkylation sites (N-methyl/N-ethyl adjacent to an activating group) is 1. The second kappa shape index (κ2) is 16.2. The first-order valence-electron chi connectivity index (χ1n) is 18.7. The molecule has 3 aliphatic rings. The lowest BCUT2D eigenvalue weighted by Crippen LogP contribution is -2.48. The molecule has 10 nitrogen and oxygen atoms in total. The largest absolute Gasteiger partial charge is 0.465 e. The summed E-state index contributed by atoms with van der Waals surface area (Å²) in [5.41, 5.74) is 7.43. The number of pyridine rings is 1. The molecular formula is C39H54N6O4Si2. The van der Waals surface area contributed by atoms with Crippen LogP contribution in [0.15, 0.2) is 30.5 Å². The van der Waals surface area contributed by atoms with Gasteiger partial charge in [0, 0.05) is 78.1 Å². The third-order valence-corrected chi connectivity index (χ3v) is 12.5. The number of aryl methyl sites for hydroxylation is 2. The maximum Gasteiger partial charge on any atom is 0.307 e. The summed E-state index contributed by atoms with van der Waals surface area (Å²) in [6.45, 7) is 14.3. The van der Waals surface area contributed by atoms with E-state index in [9.17, 15) is 9.59 Å². The summed E-state index contributed by atoms with van der Waals surface area (Å²) in [4.78, 5) is 36.7. The van der Waals surface area contributed by atoms with Gasteiger partial charge in [-0.3, -0.25) is 24.7 Å². The molecule has 272 valence electrons. The first-order chi connectivity index (χ1) is 24.5. The summed E-state index contributed by atoms with van der Waals surface area (Å²) < 4.78 is 14.5. The van der Waals surface area contributed by atoms with E-state index in [0.717, 1.165) is 81.8 Å². The zero-order valence-corrected chi connectivity index (χ0v) is 33.3. The molecule has 0 aliphatic carbocycles. The van der Waals surface area contributed by atoms with Crippen LogP contribution >= 0.6 is 0 Å². The molecule has 12 heteroatoms. The minimum absolute atomic E-state index is 0.0416. The van der Waals surface area contributed by atoms with Crippen molar-refractivity contribution in [1.29, 1.82) is 0 Å². The number of anilines is 1. The number of methoxy groups -OCH3 is 1. The van der Waals surface area contributed by atoms with E-state index >= 15 is 0 Å². The van der Waals surface area contributed by atoms with Crippen LogP contribution in [0, 0.1) is 5.41 Å². The SMILES string of the molecule is CCn1c(-c2cc(N3CCN(C)CC3)cnc2[C@H](C)OC)c2c3cc(ccc31)CCCCC(=[Si])C(=O)N1CCC[C@H]([Si]N1)C(=O)OCC(C)(C)C2. The standard InChI is InChI=1S/C39H54N6O4Si2/c1-7-44-32-15-14-27-11-8-9-12-33(50)37(46)45-16-10-13-34(51-41-45)38(47)49-25-39(3,4)23-31(29(32)21-27)36(44)30-22-28(24-40-35(30)26(2)48-6)43-19-17-42(5)18-20-43/h14-15,21-22,24,26,34,41H,7-13,16-20,23,25H2,1-6H3/t26-,34-/m0/s1. The van der Waals surface area contributed by atoms with E-state index in [4.69, 9.17) is 14.5 Å². The maximum atomic E-state index is 13.5. The highest BCUT2D eigenvalue weighted by Gasteiger charge is 2.33. The van der Waals surface area contributed by atoms with E-state index in [-0.39, 0.29) is 38.6 Å². The Balaban J connectivity index is 1.46. The van der Waals surface area contributed by atoms with Crippen LogP contribution in [0.5, 0.6) is 0 Å². The second-order valence-corrected chi connectivity index (χ2v) is 17.1. The number of carbonyl (C=O) groups excluding carboxylic acids is 2. The first kappa shape index (κ1) is 37.6. The van der Waals surface area contributed by atoms with Crippen LogP contribution < -0.4 is 9.99 Å². The van der Waals surface area contributed by atoms with E-state index in [0.29, 0.717) is 31.2 Å². The van der Waals surface area contributed by atoms with Crippen molar-refractivity contribution in [3.63, 3.8) is 0 Å². The molecule has 2 atom stereocenters. The summed E-state index contributed by atoms with van der Waals surface area (Å²) >= 11 is 0. The molecule has 4 radical (unpaired) electrons. The fourth-order valence-corrected chi connectivity index (χ4v) is 9.02. The average molecular weight is 727 g/mol. The lowest BCUT2D eigenvalue weighted by atomic mass is 9.84. The Hall–Kier alpha value is -3.17. The smallest absolute Gasteiger partial charge is 0.307 e. The normalized spacial score (nSPS) is 22.1. The van der Waals surface area contributed by atoms with E-state index in [1.165, 1.54) is 27.7 Å². The van der Waals surface area contributed by atoms with Crippen LogP contribution in [0.2, 0.25) is 5.54 Å². The van der Waals surface area contributed by atoms with Gasteiger partial charge in [-0.05, 0) is 100 Å². The van der Waals surface area contributed by atoms with Crippen molar-refractivity contribution in [2.75, 3.05) is 58.4 Å². The number of nitrogens with one attached hydrogen (secondary N) is 1. The zero-order valence-electron chi connectivity index (χ0n) is 31.3. The highest BCUT2D eigenvalue weighted by Crippen LogP contribution is 2.42. The number of benzene rings is 1. The number of amides is 1. The molecule has 0 unspecified atom stereocenters. The highest BCUT2D eigenvalue weighted by atomic mass is 28.2. The van der Waals surface area contributed by atoms with Gasteiger partial charge in [0.15, 0.2) is 9.68 Å². The number of hydrogen-bond acceptors (Lipinski definition) is 8.